The van der Waals surface area contributed by atoms with E-state index in [9.17, 15) is 53.3 Å². The molecule has 0 saturated carbocycles. The maximum Gasteiger partial charge on any atom is 0.333 e. The van der Waals surface area contributed by atoms with Crippen molar-refractivity contribution < 1.29 is 76.8 Å². The van der Waals surface area contributed by atoms with Crippen molar-refractivity contribution in [2.75, 3.05) is 76.2 Å². The van der Waals surface area contributed by atoms with Crippen LogP contribution in [0.4, 0.5) is 5.69 Å². The van der Waals surface area contributed by atoms with Gasteiger partial charge < -0.3 is 28.4 Å². The molecule has 20 nitrogen and oxygen atoms in total. The normalized spacial score (nSPS) is 17.9. The zero-order valence-electron chi connectivity index (χ0n) is 37.4. The van der Waals surface area contributed by atoms with E-state index in [-0.39, 0.29) is 50.0 Å². The number of hydrogen-bond acceptors (Lipinski definition) is 15. The molecule has 4 aliphatic rings. The molecule has 5 rings (SSSR count). The lowest BCUT2D eigenvalue weighted by Gasteiger charge is -2.30. The lowest BCUT2D eigenvalue weighted by atomic mass is 9.77. The van der Waals surface area contributed by atoms with Gasteiger partial charge >= 0.3 is 5.97 Å². The highest BCUT2D eigenvalue weighted by Crippen LogP contribution is 2.51. The molecule has 1 aliphatic carbocycles. The Hall–Kier alpha value is -4.85. The van der Waals surface area contributed by atoms with E-state index in [1.54, 1.807) is 25.3 Å². The second-order valence-electron chi connectivity index (χ2n) is 16.2. The molecule has 1 aromatic rings. The molecule has 1 saturated heterocycles. The number of fused-ring (bicyclic) bond motifs is 2. The Morgan fingerprint density at radius 3 is 2.19 bits per heavy atom. The number of anilines is 1. The fraction of sp³-hybridized carbons (Fsp3) is 0.500. The number of allylic oxidation sites excluding steroid dienone is 3. The third kappa shape index (κ3) is 15.6. The minimum Gasteiger partial charge on any atom is -0.464 e. The maximum absolute atomic E-state index is 12.4. The first-order chi connectivity index (χ1) is 31.7. The summed E-state index contributed by atoms with van der Waals surface area (Å²) >= 11 is 0. The second kappa shape index (κ2) is 23.9. The van der Waals surface area contributed by atoms with Crippen LogP contribution in [0.25, 0.3) is 17.4 Å². The van der Waals surface area contributed by atoms with Crippen LogP contribution in [0.5, 0.6) is 0 Å². The van der Waals surface area contributed by atoms with E-state index in [0.29, 0.717) is 98.5 Å². The zero-order chi connectivity index (χ0) is 48.8. The van der Waals surface area contributed by atoms with Gasteiger partial charge in [0.1, 0.15) is 18.9 Å². The Kier molecular flexibility index (Phi) is 19.0. The Morgan fingerprint density at radius 1 is 0.821 bits per heavy atom. The molecule has 1 aromatic carbocycles. The summed E-state index contributed by atoms with van der Waals surface area (Å²) in [7, 11) is -11.6. The summed E-state index contributed by atoms with van der Waals surface area (Å²) in [5.74, 6) is -2.36. The van der Waals surface area contributed by atoms with Crippen LogP contribution in [0.1, 0.15) is 75.8 Å². The van der Waals surface area contributed by atoms with Gasteiger partial charge in [-0.3, -0.25) is 23.2 Å². The number of nitrogens with zero attached hydrogens (tertiary/aromatic N) is 3. The van der Waals surface area contributed by atoms with E-state index < -0.39 is 65.1 Å². The smallest absolute Gasteiger partial charge is 0.333 e. The lowest BCUT2D eigenvalue weighted by Crippen LogP contribution is -2.35. The zero-order valence-corrected chi connectivity index (χ0v) is 39.9. The summed E-state index contributed by atoms with van der Waals surface area (Å²) in [6.45, 7) is 4.77. The quantitative estimate of drug-likeness (QED) is 0.0423. The summed E-state index contributed by atoms with van der Waals surface area (Å²) in [5, 5.41) is 1.21. The van der Waals surface area contributed by atoms with Gasteiger partial charge in [0, 0.05) is 67.8 Å². The Balaban J connectivity index is 1.43. The molecule has 1 atom stereocenters. The molecule has 0 radical (unpaired) electrons. The molecule has 368 valence electrons. The number of hydrogen-bond donors (Lipinski definition) is 3. The highest BCUT2D eigenvalue weighted by molar-refractivity contribution is 7.86. The first-order valence-electron chi connectivity index (χ1n) is 21.7. The molecule has 1 unspecified atom stereocenters. The molecule has 3 N–H and O–H groups in total. The molecule has 0 aromatic heterocycles. The van der Waals surface area contributed by atoms with Gasteiger partial charge in [-0.15, -0.1) is 5.06 Å². The third-order valence-corrected chi connectivity index (χ3v) is 13.8. The van der Waals surface area contributed by atoms with Crippen molar-refractivity contribution in [1.82, 2.24) is 9.64 Å². The molecule has 67 heavy (non-hydrogen) atoms. The number of methoxy groups -OCH3 is 1. The van der Waals surface area contributed by atoms with Crippen molar-refractivity contribution in [3.63, 3.8) is 0 Å². The van der Waals surface area contributed by atoms with E-state index in [0.717, 1.165) is 11.1 Å². The van der Waals surface area contributed by atoms with Gasteiger partial charge in [-0.2, -0.15) is 25.3 Å². The van der Waals surface area contributed by atoms with Crippen molar-refractivity contribution in [3.8, 4) is 11.3 Å². The van der Waals surface area contributed by atoms with E-state index in [4.69, 9.17) is 23.5 Å². The van der Waals surface area contributed by atoms with Crippen LogP contribution < -0.4 is 14.8 Å². The van der Waals surface area contributed by atoms with Crippen molar-refractivity contribution in [1.29, 1.82) is 0 Å². The van der Waals surface area contributed by atoms with Crippen LogP contribution in [0, 0.1) is 0 Å². The maximum atomic E-state index is 12.4. The molecule has 0 bridgehead atoms. The summed E-state index contributed by atoms with van der Waals surface area (Å²) in [6, 6.07) is 11.5. The predicted octanol–water partition coefficient (Wildman–Crippen LogP) is 3.87. The van der Waals surface area contributed by atoms with Crippen LogP contribution in [0.15, 0.2) is 75.9 Å². The second-order valence-corrected chi connectivity index (χ2v) is 20.8. The number of unbranched alkanes of at least 4 members (excludes halogenated alkanes) is 2. The van der Waals surface area contributed by atoms with Crippen LogP contribution in [0.3, 0.4) is 0 Å². The minimum atomic E-state index is -4.64. The average Bonchev–Trinajstić information content (AvgIpc) is 3.69. The standard InChI is InChI=1S/C44H57N3O17S3/c1-44(19-7-29-65(51,52)53)37-32-35(67(57,58)59)13-15-38(37)46(21-5-3-4-11-43(50)64-47-41(48)16-17-42(47)49)40(44)10-6-9-33-18-23-63-39-31-34(12-14-36(33)39)45(20-8-30-66(54,55)56)22-24-61-27-28-62-26-25-60-2/h6,9-10,12-15,18,23,31-32H,3-5,7-8,11,16-17,19-22,24-30H2,1-2H3,(H2-,51,52,53,54,55,56,57,58,59)/p+1. The highest BCUT2D eigenvalue weighted by atomic mass is 32.2. The molecular weight excluding hydrogens is 939 g/mol. The molecule has 0 spiro atoms. The number of imide groups is 1. The molecule has 2 amide bonds. The topological polar surface area (TPSA) is 274 Å². The van der Waals surface area contributed by atoms with Gasteiger partial charge in [-0.1, -0.05) is 18.6 Å². The molecule has 1 fully saturated rings. The minimum absolute atomic E-state index is 0.000676. The number of ether oxygens (including phenoxy) is 3. The number of carbonyl (C=O) groups is 3. The van der Waals surface area contributed by atoms with E-state index in [2.05, 4.69) is 0 Å². The van der Waals surface area contributed by atoms with E-state index in [1.807, 2.05) is 46.8 Å². The number of amides is 2. The third-order valence-electron chi connectivity index (χ3n) is 11.3. The Labute approximate surface area is 390 Å². The van der Waals surface area contributed by atoms with Crippen LogP contribution >= 0.6 is 0 Å². The average molecular weight is 997 g/mol. The van der Waals surface area contributed by atoms with Crippen LogP contribution in [-0.4, -0.2) is 133 Å². The fourth-order valence-corrected chi connectivity index (χ4v) is 9.48. The number of hydroxylamine groups is 2. The van der Waals surface area contributed by atoms with Crippen molar-refractivity contribution in [2.24, 2.45) is 0 Å². The molecule has 3 aliphatic heterocycles. The van der Waals surface area contributed by atoms with Crippen molar-refractivity contribution >= 4 is 59.9 Å². The molecular formula is C44H58N3O17S3+. The van der Waals surface area contributed by atoms with Gasteiger partial charge in [0.2, 0.25) is 5.36 Å². The summed E-state index contributed by atoms with van der Waals surface area (Å²) in [6.07, 6.45) is 8.52. The van der Waals surface area contributed by atoms with Crippen molar-refractivity contribution in [3.05, 3.63) is 83.1 Å². The van der Waals surface area contributed by atoms with E-state index in [1.165, 1.54) is 18.4 Å². The lowest BCUT2D eigenvalue weighted by molar-refractivity contribution is -0.197. The summed E-state index contributed by atoms with van der Waals surface area (Å²) in [4.78, 5) is 42.8. The Morgan fingerprint density at radius 2 is 1.51 bits per heavy atom. The number of rotatable bonds is 27. The first kappa shape index (κ1) is 53.1. The van der Waals surface area contributed by atoms with Crippen LogP contribution in [0.2, 0.25) is 0 Å². The highest BCUT2D eigenvalue weighted by Gasteiger charge is 2.44. The summed E-state index contributed by atoms with van der Waals surface area (Å²) < 4.78 is 124. The van der Waals surface area contributed by atoms with E-state index >= 15 is 0 Å². The van der Waals surface area contributed by atoms with Crippen LogP contribution in [-0.2, 0) is 69.2 Å². The largest absolute Gasteiger partial charge is 0.464 e. The fourth-order valence-electron chi connectivity index (χ4n) is 7.97. The summed E-state index contributed by atoms with van der Waals surface area (Å²) in [5.41, 5.74) is 2.19. The van der Waals surface area contributed by atoms with Gasteiger partial charge in [-0.05, 0) is 80.1 Å². The first-order valence-corrected chi connectivity index (χ1v) is 26.4. The Bertz CT molecular complexity index is 2660. The predicted molar refractivity (Wildman–Crippen MR) is 244 cm³/mol. The monoisotopic (exact) mass is 996 g/mol. The van der Waals surface area contributed by atoms with Crippen molar-refractivity contribution in [2.45, 2.75) is 75.0 Å². The molecule has 3 heterocycles. The number of carbonyl (C=O) groups excluding carboxylic acids is 3. The van der Waals surface area contributed by atoms with Gasteiger partial charge in [-0.25, -0.2) is 9.37 Å². The van der Waals surface area contributed by atoms with Gasteiger partial charge in [0.15, 0.2) is 6.54 Å². The van der Waals surface area contributed by atoms with Gasteiger partial charge in [0.05, 0.1) is 55.2 Å². The van der Waals surface area contributed by atoms with Gasteiger partial charge in [0.25, 0.3) is 42.2 Å². The molecule has 23 heteroatoms. The SMILES string of the molecule is COCCOCCOCC[N+](CCCS(=O)(=O)O)=c1ccc2c(/C=C/C=C3/N(CCCCCC(=O)ON4C(=O)CCC4=O)c4ccc(S(=O)(=O)O)cc4C3(C)CCCS(=O)(=O)O)ccoc-2c1. The number of benzene rings is 2.